The molecule has 0 aliphatic carbocycles. The lowest BCUT2D eigenvalue weighted by Gasteiger charge is -2.31. The first-order valence-corrected chi connectivity index (χ1v) is 11.8. The summed E-state index contributed by atoms with van der Waals surface area (Å²) >= 11 is 0. The average molecular weight is 454 g/mol. The summed E-state index contributed by atoms with van der Waals surface area (Å²) in [5.74, 6) is 2.19. The maximum absolute atomic E-state index is 6.24. The topological polar surface area (TPSA) is 76.2 Å². The number of H-pyrrole nitrogens is 1. The molecule has 172 valence electrons. The van der Waals surface area contributed by atoms with Crippen molar-refractivity contribution in [2.24, 2.45) is 0 Å². The fraction of sp³-hybridized carbons (Fsp3) is 0.296. The van der Waals surface area contributed by atoms with Gasteiger partial charge in [0.15, 0.2) is 23.4 Å². The van der Waals surface area contributed by atoms with E-state index in [0.29, 0.717) is 18.9 Å². The van der Waals surface area contributed by atoms with Gasteiger partial charge in [0, 0.05) is 43.7 Å². The third-order valence-electron chi connectivity index (χ3n) is 6.40. The van der Waals surface area contributed by atoms with E-state index in [2.05, 4.69) is 51.5 Å². The van der Waals surface area contributed by atoms with Gasteiger partial charge in [-0.2, -0.15) is 5.10 Å². The normalized spacial score (nSPS) is 17.4. The van der Waals surface area contributed by atoms with E-state index in [9.17, 15) is 0 Å². The van der Waals surface area contributed by atoms with Gasteiger partial charge in [0.05, 0.1) is 17.1 Å². The maximum atomic E-state index is 6.24. The molecule has 2 aromatic heterocycles. The molecule has 34 heavy (non-hydrogen) atoms. The van der Waals surface area contributed by atoms with Gasteiger partial charge < -0.3 is 9.47 Å². The second kappa shape index (κ2) is 8.91. The minimum absolute atomic E-state index is 0.331. The van der Waals surface area contributed by atoms with Gasteiger partial charge in [0.2, 0.25) is 0 Å². The molecule has 4 aromatic rings. The number of nitrogens with one attached hydrogen (secondary N) is 1. The highest BCUT2D eigenvalue weighted by molar-refractivity contribution is 5.41. The van der Waals surface area contributed by atoms with Crippen molar-refractivity contribution in [1.82, 2.24) is 25.1 Å². The molecule has 6 rings (SSSR count). The molecule has 7 nitrogen and oxygen atoms in total. The quantitative estimate of drug-likeness (QED) is 0.489. The van der Waals surface area contributed by atoms with E-state index in [4.69, 9.17) is 19.4 Å². The summed E-state index contributed by atoms with van der Waals surface area (Å²) < 4.78 is 12.2. The standard InChI is InChI=1S/C27H27N5O2/c1-18-13-20(31-30-18)14-23-21-16-32(15-19-7-3-2-4-8-19)12-11-22(21)28-27(29-23)26-17-33-24-9-5-6-10-25(24)34-26/h2-10,13,26H,11-12,14-17H2,1H3,(H,30,31). The smallest absolute Gasteiger partial charge is 0.192 e. The molecule has 2 aliphatic rings. The summed E-state index contributed by atoms with van der Waals surface area (Å²) in [6.07, 6.45) is 1.21. The Morgan fingerprint density at radius 3 is 2.68 bits per heavy atom. The van der Waals surface area contributed by atoms with Crippen molar-refractivity contribution in [3.05, 3.63) is 100 Å². The van der Waals surface area contributed by atoms with E-state index >= 15 is 0 Å². The van der Waals surface area contributed by atoms with Crippen molar-refractivity contribution >= 4 is 0 Å². The third-order valence-corrected chi connectivity index (χ3v) is 6.40. The second-order valence-electron chi connectivity index (χ2n) is 8.98. The molecular weight excluding hydrogens is 426 g/mol. The lowest BCUT2D eigenvalue weighted by molar-refractivity contribution is 0.0844. The zero-order chi connectivity index (χ0) is 22.9. The van der Waals surface area contributed by atoms with Crippen LogP contribution in [0, 0.1) is 6.92 Å². The van der Waals surface area contributed by atoms with Crippen LogP contribution in [0.5, 0.6) is 11.5 Å². The number of aromatic amines is 1. The second-order valence-corrected chi connectivity index (χ2v) is 8.98. The van der Waals surface area contributed by atoms with Crippen LogP contribution in [0.25, 0.3) is 0 Å². The van der Waals surface area contributed by atoms with Crippen molar-refractivity contribution in [2.75, 3.05) is 13.2 Å². The Bertz CT molecular complexity index is 1300. The minimum atomic E-state index is -0.331. The van der Waals surface area contributed by atoms with Crippen LogP contribution in [0.15, 0.2) is 60.7 Å². The van der Waals surface area contributed by atoms with Gasteiger partial charge in [0.1, 0.15) is 6.61 Å². The molecule has 0 saturated heterocycles. The van der Waals surface area contributed by atoms with E-state index in [-0.39, 0.29) is 6.10 Å². The van der Waals surface area contributed by atoms with Gasteiger partial charge in [-0.25, -0.2) is 9.97 Å². The number of rotatable bonds is 5. The summed E-state index contributed by atoms with van der Waals surface area (Å²) in [6.45, 7) is 5.12. The Kier molecular flexibility index (Phi) is 5.47. The number of fused-ring (bicyclic) bond motifs is 2. The number of benzene rings is 2. The van der Waals surface area contributed by atoms with Gasteiger partial charge in [-0.3, -0.25) is 10.00 Å². The number of aromatic nitrogens is 4. The van der Waals surface area contributed by atoms with Crippen molar-refractivity contribution in [3.63, 3.8) is 0 Å². The first kappa shape index (κ1) is 20.9. The van der Waals surface area contributed by atoms with E-state index in [0.717, 1.165) is 60.3 Å². The van der Waals surface area contributed by atoms with E-state index in [1.165, 1.54) is 11.1 Å². The molecule has 1 unspecified atom stereocenters. The first-order chi connectivity index (χ1) is 16.7. The average Bonchev–Trinajstić information content (AvgIpc) is 3.29. The van der Waals surface area contributed by atoms with Crippen LogP contribution in [0.1, 0.15) is 45.8 Å². The molecule has 7 heteroatoms. The molecule has 4 heterocycles. The summed E-state index contributed by atoms with van der Waals surface area (Å²) in [4.78, 5) is 12.5. The minimum Gasteiger partial charge on any atom is -0.485 e. The molecular formula is C27H27N5O2. The molecule has 2 aliphatic heterocycles. The van der Waals surface area contributed by atoms with Crippen molar-refractivity contribution in [3.8, 4) is 11.5 Å². The Morgan fingerprint density at radius 2 is 1.85 bits per heavy atom. The fourth-order valence-corrected chi connectivity index (χ4v) is 4.71. The molecule has 0 radical (unpaired) electrons. The predicted octanol–water partition coefficient (Wildman–Crippen LogP) is 4.17. The number of hydrogen-bond donors (Lipinski definition) is 1. The zero-order valence-electron chi connectivity index (χ0n) is 19.2. The fourth-order valence-electron chi connectivity index (χ4n) is 4.71. The highest BCUT2D eigenvalue weighted by Crippen LogP contribution is 2.36. The monoisotopic (exact) mass is 453 g/mol. The first-order valence-electron chi connectivity index (χ1n) is 11.8. The maximum Gasteiger partial charge on any atom is 0.192 e. The summed E-state index contributed by atoms with van der Waals surface area (Å²) in [6, 6.07) is 20.4. The van der Waals surface area contributed by atoms with Crippen LogP contribution in [-0.4, -0.2) is 38.2 Å². The number of ether oxygens (including phenoxy) is 2. The summed E-state index contributed by atoms with van der Waals surface area (Å²) in [7, 11) is 0. The number of nitrogens with zero attached hydrogens (tertiary/aromatic N) is 4. The van der Waals surface area contributed by atoms with Gasteiger partial charge in [-0.1, -0.05) is 42.5 Å². The molecule has 1 N–H and O–H groups in total. The lowest BCUT2D eigenvalue weighted by atomic mass is 10.00. The van der Waals surface area contributed by atoms with Crippen molar-refractivity contribution in [1.29, 1.82) is 0 Å². The van der Waals surface area contributed by atoms with Gasteiger partial charge in [-0.05, 0) is 30.7 Å². The van der Waals surface area contributed by atoms with Crippen LogP contribution in [-0.2, 0) is 25.9 Å². The molecule has 0 saturated carbocycles. The molecule has 0 fully saturated rings. The number of hydrogen-bond acceptors (Lipinski definition) is 6. The zero-order valence-corrected chi connectivity index (χ0v) is 19.2. The third kappa shape index (κ3) is 4.26. The van der Waals surface area contributed by atoms with Crippen LogP contribution >= 0.6 is 0 Å². The molecule has 0 amide bonds. The Morgan fingerprint density at radius 1 is 1.03 bits per heavy atom. The van der Waals surface area contributed by atoms with Gasteiger partial charge in [-0.15, -0.1) is 0 Å². The molecule has 2 aromatic carbocycles. The Hall–Kier alpha value is -3.71. The lowest BCUT2D eigenvalue weighted by Crippen LogP contribution is -2.33. The van der Waals surface area contributed by atoms with E-state index < -0.39 is 0 Å². The van der Waals surface area contributed by atoms with E-state index in [1.54, 1.807) is 0 Å². The van der Waals surface area contributed by atoms with Crippen LogP contribution in [0.4, 0.5) is 0 Å². The summed E-state index contributed by atoms with van der Waals surface area (Å²) in [5, 5.41) is 7.51. The largest absolute Gasteiger partial charge is 0.485 e. The van der Waals surface area contributed by atoms with Crippen LogP contribution < -0.4 is 9.47 Å². The van der Waals surface area contributed by atoms with Crippen LogP contribution in [0.2, 0.25) is 0 Å². The van der Waals surface area contributed by atoms with E-state index in [1.807, 2.05) is 31.2 Å². The predicted molar refractivity (Wildman–Crippen MR) is 128 cm³/mol. The van der Waals surface area contributed by atoms with Crippen molar-refractivity contribution < 1.29 is 9.47 Å². The molecule has 1 atom stereocenters. The SMILES string of the molecule is Cc1cc(Cc2nc(C3COc4ccccc4O3)nc3c2CN(Cc2ccccc2)CC3)n[nH]1. The highest BCUT2D eigenvalue weighted by Gasteiger charge is 2.29. The Balaban J connectivity index is 1.32. The van der Waals surface area contributed by atoms with Gasteiger partial charge in [0.25, 0.3) is 0 Å². The van der Waals surface area contributed by atoms with Crippen molar-refractivity contribution in [2.45, 2.75) is 39.0 Å². The van der Waals surface area contributed by atoms with Gasteiger partial charge >= 0.3 is 0 Å². The number of aryl methyl sites for hydroxylation is 1. The van der Waals surface area contributed by atoms with Crippen LogP contribution in [0.3, 0.4) is 0 Å². The highest BCUT2D eigenvalue weighted by atomic mass is 16.6. The molecule has 0 bridgehead atoms. The number of para-hydroxylation sites is 2. The molecule has 0 spiro atoms. The Labute approximate surface area is 198 Å². The summed E-state index contributed by atoms with van der Waals surface area (Å²) in [5.41, 5.74) is 6.69.